The van der Waals surface area contributed by atoms with Gasteiger partial charge in [0.1, 0.15) is 11.3 Å². The molecule has 0 saturated heterocycles. The first-order chi connectivity index (χ1) is 14.6. The van der Waals surface area contributed by atoms with Crippen LogP contribution in [-0.4, -0.2) is 29.9 Å². The summed E-state index contributed by atoms with van der Waals surface area (Å²) in [6.07, 6.45) is 2.38. The van der Waals surface area contributed by atoms with Crippen molar-refractivity contribution in [3.8, 4) is 0 Å². The van der Waals surface area contributed by atoms with E-state index in [2.05, 4.69) is 16.8 Å². The average Bonchev–Trinajstić information content (AvgIpc) is 3.41. The number of nitrogens with zero attached hydrogens (tertiary/aromatic N) is 1. The molecule has 1 N–H and O–H groups in total. The Morgan fingerprint density at radius 2 is 2.10 bits per heavy atom. The van der Waals surface area contributed by atoms with Crippen LogP contribution in [0, 0.1) is 6.92 Å². The van der Waals surface area contributed by atoms with Gasteiger partial charge >= 0.3 is 5.97 Å². The molecule has 3 heterocycles. The molecule has 3 aromatic rings. The predicted octanol–water partition coefficient (Wildman–Crippen LogP) is 4.64. The number of rotatable bonds is 6. The summed E-state index contributed by atoms with van der Waals surface area (Å²) in [5.41, 5.74) is 4.05. The van der Waals surface area contributed by atoms with Gasteiger partial charge in [0.25, 0.3) is 5.91 Å². The van der Waals surface area contributed by atoms with Gasteiger partial charge in [-0.3, -0.25) is 4.79 Å². The Hall–Kier alpha value is -3.06. The number of hydrogen-bond donors (Lipinski definition) is 1. The Morgan fingerprint density at radius 3 is 2.93 bits per heavy atom. The van der Waals surface area contributed by atoms with Gasteiger partial charge in [0, 0.05) is 29.2 Å². The number of hydrogen-bond acceptors (Lipinski definition) is 6. The maximum atomic E-state index is 13.2. The summed E-state index contributed by atoms with van der Waals surface area (Å²) >= 11 is 1.76. The van der Waals surface area contributed by atoms with Crippen LogP contribution in [-0.2, 0) is 24.2 Å². The van der Waals surface area contributed by atoms with Crippen molar-refractivity contribution in [1.29, 1.82) is 0 Å². The fourth-order valence-corrected chi connectivity index (χ4v) is 4.58. The first kappa shape index (κ1) is 20.2. The van der Waals surface area contributed by atoms with Crippen molar-refractivity contribution in [2.45, 2.75) is 33.4 Å². The number of carbonyl (C=O) groups is 2. The highest BCUT2D eigenvalue weighted by molar-refractivity contribution is 7.10. The van der Waals surface area contributed by atoms with Gasteiger partial charge < -0.3 is 19.4 Å². The second kappa shape index (κ2) is 8.75. The van der Waals surface area contributed by atoms with E-state index in [1.807, 2.05) is 30.0 Å². The van der Waals surface area contributed by atoms with Crippen molar-refractivity contribution in [2.24, 2.45) is 0 Å². The molecule has 30 heavy (non-hydrogen) atoms. The topological polar surface area (TPSA) is 71.8 Å². The third kappa shape index (κ3) is 3.98. The molecule has 1 aliphatic heterocycles. The molecule has 7 heteroatoms. The monoisotopic (exact) mass is 424 g/mol. The Kier molecular flexibility index (Phi) is 5.90. The first-order valence-corrected chi connectivity index (χ1v) is 10.9. The average molecular weight is 425 g/mol. The van der Waals surface area contributed by atoms with E-state index in [-0.39, 0.29) is 5.91 Å². The van der Waals surface area contributed by atoms with E-state index in [0.717, 1.165) is 24.2 Å². The molecule has 6 nitrogen and oxygen atoms in total. The number of ether oxygens (including phenoxy) is 1. The molecular formula is C23H24N2O4S. The van der Waals surface area contributed by atoms with Crippen molar-refractivity contribution in [3.63, 3.8) is 0 Å². The van der Waals surface area contributed by atoms with Crippen LogP contribution in [0.15, 0.2) is 46.4 Å². The van der Waals surface area contributed by atoms with Crippen LogP contribution in [0.1, 0.15) is 49.4 Å². The molecule has 0 fully saturated rings. The molecule has 1 aliphatic rings. The zero-order valence-corrected chi connectivity index (χ0v) is 17.9. The number of furan rings is 1. The highest BCUT2D eigenvalue weighted by Crippen LogP contribution is 2.27. The minimum atomic E-state index is -0.401. The number of benzene rings is 1. The molecule has 1 amide bonds. The number of nitrogens with one attached hydrogen (secondary N) is 1. The van der Waals surface area contributed by atoms with E-state index < -0.39 is 5.97 Å². The third-order valence-corrected chi connectivity index (χ3v) is 6.36. The molecule has 2 aromatic heterocycles. The summed E-state index contributed by atoms with van der Waals surface area (Å²) in [7, 11) is 0. The maximum absolute atomic E-state index is 13.2. The summed E-state index contributed by atoms with van der Waals surface area (Å²) in [5, 5.41) is 5.38. The van der Waals surface area contributed by atoms with Crippen LogP contribution in [0.2, 0.25) is 0 Å². The van der Waals surface area contributed by atoms with Gasteiger partial charge in [-0.2, -0.15) is 0 Å². The molecule has 0 bridgehead atoms. The number of fused-ring (bicyclic) bond motifs is 1. The van der Waals surface area contributed by atoms with Crippen LogP contribution in [0.3, 0.4) is 0 Å². The molecule has 0 atom stereocenters. The van der Waals surface area contributed by atoms with Gasteiger partial charge in [0.15, 0.2) is 0 Å². The molecular weight excluding hydrogens is 400 g/mol. The van der Waals surface area contributed by atoms with Gasteiger partial charge in [0.2, 0.25) is 0 Å². The second-order valence-electron chi connectivity index (χ2n) is 7.16. The predicted molar refractivity (Wildman–Crippen MR) is 116 cm³/mol. The van der Waals surface area contributed by atoms with Crippen LogP contribution in [0.5, 0.6) is 0 Å². The molecule has 0 unspecified atom stereocenters. The Bertz CT molecular complexity index is 1070. The van der Waals surface area contributed by atoms with Crippen molar-refractivity contribution in [1.82, 2.24) is 4.90 Å². The fourth-order valence-electron chi connectivity index (χ4n) is 3.69. The van der Waals surface area contributed by atoms with E-state index in [1.165, 1.54) is 16.7 Å². The molecule has 0 radical (unpaired) electrons. The van der Waals surface area contributed by atoms with Crippen molar-refractivity contribution in [3.05, 3.63) is 74.9 Å². The number of esters is 1. The lowest BCUT2D eigenvalue weighted by atomic mass is 10.0. The SMILES string of the molecule is CCOC(=O)c1ccoc1CNc1cccc(C(=O)N2CCc3sccc3C2)c1C. The molecule has 156 valence electrons. The standard InChI is InChI=1S/C23H24N2O4S/c1-3-28-23(27)18-8-11-29-20(18)13-24-19-6-4-5-17(15(19)2)22(26)25-10-7-21-16(14-25)9-12-30-21/h4-6,8-9,11-12,24H,3,7,10,13-14H2,1-2H3. The Balaban J connectivity index is 1.48. The summed E-state index contributed by atoms with van der Waals surface area (Å²) in [4.78, 5) is 28.5. The number of thiophene rings is 1. The van der Waals surface area contributed by atoms with Gasteiger partial charge in [-0.05, 0) is 61.0 Å². The summed E-state index contributed by atoms with van der Waals surface area (Å²) in [5.74, 6) is 0.144. The van der Waals surface area contributed by atoms with Crippen LogP contribution < -0.4 is 5.32 Å². The van der Waals surface area contributed by atoms with Crippen molar-refractivity contribution < 1.29 is 18.7 Å². The normalized spacial score (nSPS) is 13.1. The summed E-state index contributed by atoms with van der Waals surface area (Å²) in [6.45, 7) is 5.72. The van der Waals surface area contributed by atoms with Crippen LogP contribution in [0.25, 0.3) is 0 Å². The van der Waals surface area contributed by atoms with E-state index in [1.54, 1.807) is 24.3 Å². The van der Waals surface area contributed by atoms with E-state index in [4.69, 9.17) is 9.15 Å². The lowest BCUT2D eigenvalue weighted by Crippen LogP contribution is -2.35. The summed E-state index contributed by atoms with van der Waals surface area (Å²) < 4.78 is 10.5. The zero-order valence-electron chi connectivity index (χ0n) is 17.1. The molecule has 0 spiro atoms. The largest absolute Gasteiger partial charge is 0.467 e. The number of amides is 1. The lowest BCUT2D eigenvalue weighted by molar-refractivity contribution is 0.0523. The molecule has 0 aliphatic carbocycles. The van der Waals surface area contributed by atoms with E-state index in [0.29, 0.717) is 36.6 Å². The lowest BCUT2D eigenvalue weighted by Gasteiger charge is -2.28. The van der Waals surface area contributed by atoms with E-state index >= 15 is 0 Å². The molecule has 1 aromatic carbocycles. The Labute approximate surface area is 179 Å². The quantitative estimate of drug-likeness (QED) is 0.584. The zero-order chi connectivity index (χ0) is 21.1. The third-order valence-electron chi connectivity index (χ3n) is 5.34. The fraction of sp³-hybridized carbons (Fsp3) is 0.304. The minimum absolute atomic E-state index is 0.0400. The van der Waals surface area contributed by atoms with Crippen molar-refractivity contribution in [2.75, 3.05) is 18.5 Å². The summed E-state index contributed by atoms with van der Waals surface area (Å²) in [6, 6.07) is 9.37. The van der Waals surface area contributed by atoms with Gasteiger partial charge in [-0.1, -0.05) is 6.07 Å². The number of anilines is 1. The second-order valence-corrected chi connectivity index (χ2v) is 8.16. The first-order valence-electron chi connectivity index (χ1n) is 10.00. The van der Waals surface area contributed by atoms with Crippen LogP contribution in [0.4, 0.5) is 5.69 Å². The maximum Gasteiger partial charge on any atom is 0.341 e. The van der Waals surface area contributed by atoms with Crippen LogP contribution >= 0.6 is 11.3 Å². The number of carbonyl (C=O) groups excluding carboxylic acids is 2. The smallest absolute Gasteiger partial charge is 0.341 e. The highest BCUT2D eigenvalue weighted by atomic mass is 32.1. The van der Waals surface area contributed by atoms with E-state index in [9.17, 15) is 9.59 Å². The molecule has 0 saturated carbocycles. The van der Waals surface area contributed by atoms with Gasteiger partial charge in [-0.25, -0.2) is 4.79 Å². The Morgan fingerprint density at radius 1 is 1.23 bits per heavy atom. The van der Waals surface area contributed by atoms with Gasteiger partial charge in [0.05, 0.1) is 19.4 Å². The van der Waals surface area contributed by atoms with Gasteiger partial charge in [-0.15, -0.1) is 11.3 Å². The van der Waals surface area contributed by atoms with Crippen molar-refractivity contribution >= 4 is 28.9 Å². The minimum Gasteiger partial charge on any atom is -0.467 e. The highest BCUT2D eigenvalue weighted by Gasteiger charge is 2.24. The molecule has 4 rings (SSSR count).